The number of carbonyl (C=O) groups excluding carboxylic acids is 1. The van der Waals surface area contributed by atoms with Crippen LogP contribution in [0.25, 0.3) is 10.9 Å². The number of likely N-dealkylation sites (N-methyl/N-ethyl adjacent to an activating group) is 1. The van der Waals surface area contributed by atoms with Crippen molar-refractivity contribution in [3.8, 4) is 11.5 Å². The number of aromatic nitrogens is 1. The number of anilines is 1. The molecule has 2 aromatic carbocycles. The van der Waals surface area contributed by atoms with Crippen molar-refractivity contribution in [1.29, 1.82) is 0 Å². The predicted molar refractivity (Wildman–Crippen MR) is 132 cm³/mol. The molecule has 5 rings (SSSR count). The molecule has 0 unspecified atom stereocenters. The molecule has 0 spiro atoms. The van der Waals surface area contributed by atoms with Crippen LogP contribution in [0.2, 0.25) is 0 Å². The third-order valence-corrected chi connectivity index (χ3v) is 6.66. The number of hydrogen-bond donors (Lipinski definition) is 2. The lowest BCUT2D eigenvalue weighted by Crippen LogP contribution is -2.45. The van der Waals surface area contributed by atoms with Gasteiger partial charge in [-0.1, -0.05) is 6.92 Å². The maximum absolute atomic E-state index is 13.3. The number of nitrogens with zero attached hydrogens (tertiary/aromatic N) is 2. The van der Waals surface area contributed by atoms with Crippen LogP contribution in [0.5, 0.6) is 11.5 Å². The highest BCUT2D eigenvalue weighted by molar-refractivity contribution is 5.89. The van der Waals surface area contributed by atoms with Crippen LogP contribution in [0.1, 0.15) is 25.3 Å². The molecule has 9 heteroatoms. The number of likely N-dealkylation sites (tertiary alicyclic amines) is 1. The number of pyridine rings is 1. The highest BCUT2D eigenvalue weighted by Gasteiger charge is 2.28. The van der Waals surface area contributed by atoms with Gasteiger partial charge in [-0.3, -0.25) is 9.69 Å². The smallest absolute Gasteiger partial charge is 0.322 e. The largest absolute Gasteiger partial charge is 0.486 e. The van der Waals surface area contributed by atoms with Gasteiger partial charge in [-0.2, -0.15) is 0 Å². The molecular weight excluding hydrogens is 451 g/mol. The lowest BCUT2D eigenvalue weighted by Gasteiger charge is -2.30. The molecule has 1 aromatic heterocycles. The van der Waals surface area contributed by atoms with Crippen molar-refractivity contribution in [2.45, 2.75) is 32.4 Å². The number of carbonyl (C=O) groups is 1. The van der Waals surface area contributed by atoms with E-state index in [1.807, 2.05) is 6.07 Å². The summed E-state index contributed by atoms with van der Waals surface area (Å²) in [4.78, 5) is 33.2. The average molecular weight is 481 g/mol. The van der Waals surface area contributed by atoms with E-state index in [0.29, 0.717) is 48.0 Å². The minimum Gasteiger partial charge on any atom is -0.486 e. The van der Waals surface area contributed by atoms with Gasteiger partial charge >= 0.3 is 6.03 Å². The number of nitrogens with one attached hydrogen (secondary N) is 2. The second kappa shape index (κ2) is 9.95. The lowest BCUT2D eigenvalue weighted by molar-refractivity contribution is 0.172. The minimum absolute atomic E-state index is 0.140. The molecule has 35 heavy (non-hydrogen) atoms. The maximum Gasteiger partial charge on any atom is 0.322 e. The summed E-state index contributed by atoms with van der Waals surface area (Å²) in [6.45, 7) is 5.58. The molecule has 1 saturated heterocycles. The first-order chi connectivity index (χ1) is 17.0. The lowest BCUT2D eigenvalue weighted by atomic mass is 10.1. The fourth-order valence-corrected chi connectivity index (χ4v) is 4.84. The zero-order valence-corrected chi connectivity index (χ0v) is 19.7. The van der Waals surface area contributed by atoms with Crippen molar-refractivity contribution in [2.24, 2.45) is 0 Å². The summed E-state index contributed by atoms with van der Waals surface area (Å²) in [7, 11) is 0. The number of fused-ring (bicyclic) bond motifs is 2. The standard InChI is InChI=1S/C26H29FN4O4/c1-2-30-9-3-4-21(30)16-31(26(33)28-20-7-5-19(27)6-8-20)15-18-12-17-13-23-24(35-11-10-34-23)14-22(17)29-25(18)32/h5-8,12-14,21H,2-4,9-11,15-16H2,1H3,(H,28,33)(H,29,32)/t21-/m0/s1. The third-order valence-electron chi connectivity index (χ3n) is 6.66. The molecule has 184 valence electrons. The Morgan fingerprint density at radius 3 is 2.66 bits per heavy atom. The van der Waals surface area contributed by atoms with Crippen molar-refractivity contribution >= 4 is 22.6 Å². The molecule has 0 radical (unpaired) electrons. The fourth-order valence-electron chi connectivity index (χ4n) is 4.84. The predicted octanol–water partition coefficient (Wildman–Crippen LogP) is 3.96. The Kier molecular flexibility index (Phi) is 6.59. The van der Waals surface area contributed by atoms with Crippen molar-refractivity contribution in [3.63, 3.8) is 0 Å². The van der Waals surface area contributed by atoms with Crippen LogP contribution in [0.15, 0.2) is 47.3 Å². The zero-order valence-electron chi connectivity index (χ0n) is 19.7. The Bertz CT molecular complexity index is 1280. The number of amides is 2. The van der Waals surface area contributed by atoms with Crippen LogP contribution >= 0.6 is 0 Å². The first-order valence-electron chi connectivity index (χ1n) is 12.0. The van der Waals surface area contributed by atoms with E-state index >= 15 is 0 Å². The molecule has 8 nitrogen and oxygen atoms in total. The van der Waals surface area contributed by atoms with Crippen LogP contribution < -0.4 is 20.3 Å². The van der Waals surface area contributed by atoms with Crippen LogP contribution in [0, 0.1) is 5.82 Å². The Balaban J connectivity index is 1.43. The Morgan fingerprint density at radius 2 is 1.91 bits per heavy atom. The van der Waals surface area contributed by atoms with Gasteiger partial charge in [0.25, 0.3) is 5.56 Å². The zero-order chi connectivity index (χ0) is 24.4. The summed E-state index contributed by atoms with van der Waals surface area (Å²) in [6, 6.07) is 11.0. The Hall–Kier alpha value is -3.59. The van der Waals surface area contributed by atoms with Gasteiger partial charge < -0.3 is 24.7 Å². The van der Waals surface area contributed by atoms with Gasteiger partial charge in [0.15, 0.2) is 11.5 Å². The van der Waals surface area contributed by atoms with Crippen LogP contribution in [0.3, 0.4) is 0 Å². The molecule has 0 aliphatic carbocycles. The Labute approximate surface area is 202 Å². The highest BCUT2D eigenvalue weighted by atomic mass is 19.1. The highest BCUT2D eigenvalue weighted by Crippen LogP contribution is 2.33. The number of H-pyrrole nitrogens is 1. The number of hydrogen-bond acceptors (Lipinski definition) is 5. The molecule has 0 saturated carbocycles. The molecule has 3 aromatic rings. The van der Waals surface area contributed by atoms with E-state index in [1.54, 1.807) is 17.0 Å². The Morgan fingerprint density at radius 1 is 1.17 bits per heavy atom. The maximum atomic E-state index is 13.3. The monoisotopic (exact) mass is 480 g/mol. The summed E-state index contributed by atoms with van der Waals surface area (Å²) in [5, 5.41) is 3.65. The molecule has 3 heterocycles. The summed E-state index contributed by atoms with van der Waals surface area (Å²) >= 11 is 0. The molecular formula is C26H29FN4O4. The van der Waals surface area contributed by atoms with E-state index in [4.69, 9.17) is 9.47 Å². The SMILES string of the molecule is CCN1CCC[C@H]1CN(Cc1cc2cc3c(cc2[nH]c1=O)OCCO3)C(=O)Nc1ccc(F)cc1. The van der Waals surface area contributed by atoms with Gasteiger partial charge in [-0.15, -0.1) is 0 Å². The van der Waals surface area contributed by atoms with Crippen molar-refractivity contribution in [3.05, 3.63) is 64.2 Å². The molecule has 0 bridgehead atoms. The van der Waals surface area contributed by atoms with Crippen LogP contribution in [-0.4, -0.2) is 59.7 Å². The summed E-state index contributed by atoms with van der Waals surface area (Å²) in [5.41, 5.74) is 1.37. The van der Waals surface area contributed by atoms with Gasteiger partial charge in [0.05, 0.1) is 12.1 Å². The van der Waals surface area contributed by atoms with Gasteiger partial charge in [-0.05, 0) is 62.3 Å². The number of ether oxygens (including phenoxy) is 2. The van der Waals surface area contributed by atoms with Crippen LogP contribution in [0.4, 0.5) is 14.9 Å². The van der Waals surface area contributed by atoms with E-state index in [1.165, 1.54) is 24.3 Å². The topological polar surface area (TPSA) is 86.9 Å². The molecule has 2 aliphatic heterocycles. The number of urea groups is 1. The molecule has 1 atom stereocenters. The average Bonchev–Trinajstić information content (AvgIpc) is 3.31. The third kappa shape index (κ3) is 5.09. The van der Waals surface area contributed by atoms with Crippen molar-refractivity contribution in [2.75, 3.05) is 38.2 Å². The fraction of sp³-hybridized carbons (Fsp3) is 0.385. The van der Waals surface area contributed by atoms with Crippen molar-refractivity contribution < 1.29 is 18.7 Å². The summed E-state index contributed by atoms with van der Waals surface area (Å²) in [6.07, 6.45) is 2.07. The van der Waals surface area contributed by atoms with Gasteiger partial charge in [0.1, 0.15) is 19.0 Å². The number of aromatic amines is 1. The quantitative estimate of drug-likeness (QED) is 0.558. The molecule has 2 amide bonds. The van der Waals surface area contributed by atoms with Crippen molar-refractivity contribution in [1.82, 2.24) is 14.8 Å². The van der Waals surface area contributed by atoms with Gasteiger partial charge in [0.2, 0.25) is 0 Å². The van der Waals surface area contributed by atoms with E-state index in [2.05, 4.69) is 22.1 Å². The van der Waals surface area contributed by atoms with E-state index in [0.717, 1.165) is 31.3 Å². The van der Waals surface area contributed by atoms with Crippen LogP contribution in [-0.2, 0) is 6.54 Å². The van der Waals surface area contributed by atoms with Gasteiger partial charge in [-0.25, -0.2) is 9.18 Å². The number of benzene rings is 2. The molecule has 2 N–H and O–H groups in total. The first kappa shape index (κ1) is 23.2. The molecule has 2 aliphatic rings. The summed E-state index contributed by atoms with van der Waals surface area (Å²) in [5.74, 6) is 0.870. The second-order valence-electron chi connectivity index (χ2n) is 8.95. The molecule has 1 fully saturated rings. The normalized spacial score (nSPS) is 17.5. The number of rotatable bonds is 6. The van der Waals surface area contributed by atoms with E-state index in [-0.39, 0.29) is 30.0 Å². The second-order valence-corrected chi connectivity index (χ2v) is 8.95. The van der Waals surface area contributed by atoms with E-state index in [9.17, 15) is 14.0 Å². The first-order valence-corrected chi connectivity index (χ1v) is 12.0. The minimum atomic E-state index is -0.372. The summed E-state index contributed by atoms with van der Waals surface area (Å²) < 4.78 is 24.6. The van der Waals surface area contributed by atoms with E-state index < -0.39 is 0 Å². The number of halogens is 1. The van der Waals surface area contributed by atoms with Gasteiger partial charge in [0, 0.05) is 35.3 Å².